The minimum Gasteiger partial charge on any atom is -0.508 e. The zero-order valence-corrected chi connectivity index (χ0v) is 11.4. The lowest BCUT2D eigenvalue weighted by Gasteiger charge is -2.20. The molecule has 0 unspecified atom stereocenters. The first-order chi connectivity index (χ1) is 9.78. The summed E-state index contributed by atoms with van der Waals surface area (Å²) in [5, 5.41) is 12.9. The van der Waals surface area contributed by atoms with Gasteiger partial charge in [0.05, 0.1) is 18.9 Å². The van der Waals surface area contributed by atoms with Crippen LogP contribution in [0.2, 0.25) is 0 Å². The van der Waals surface area contributed by atoms with Crippen LogP contribution in [-0.4, -0.2) is 28.2 Å². The lowest BCUT2D eigenvalue weighted by molar-refractivity contribution is 0.109. The molecule has 1 aromatic carbocycles. The van der Waals surface area contributed by atoms with Crippen LogP contribution >= 0.6 is 0 Å². The maximum atomic E-state index is 9.59. The van der Waals surface area contributed by atoms with Gasteiger partial charge < -0.3 is 15.2 Å². The summed E-state index contributed by atoms with van der Waals surface area (Å²) >= 11 is 0. The second-order valence-electron chi connectivity index (χ2n) is 4.70. The molecule has 5 heteroatoms. The minimum atomic E-state index is 0.220. The molecule has 0 saturated carbocycles. The molecule has 0 spiro atoms. The van der Waals surface area contributed by atoms with Gasteiger partial charge in [-0.05, 0) is 19.1 Å². The average Bonchev–Trinajstić information content (AvgIpc) is 2.47. The number of anilines is 1. The van der Waals surface area contributed by atoms with Crippen molar-refractivity contribution in [1.82, 2.24) is 9.97 Å². The number of nitrogens with zero attached hydrogens (tertiary/aromatic N) is 2. The molecule has 1 aliphatic heterocycles. The zero-order chi connectivity index (χ0) is 13.9. The van der Waals surface area contributed by atoms with Crippen molar-refractivity contribution in [2.45, 2.75) is 20.0 Å². The van der Waals surface area contributed by atoms with Gasteiger partial charge in [-0.15, -0.1) is 0 Å². The van der Waals surface area contributed by atoms with Crippen LogP contribution in [0.1, 0.15) is 18.2 Å². The first-order valence-electron chi connectivity index (χ1n) is 6.78. The normalized spacial score (nSPS) is 13.8. The highest BCUT2D eigenvalue weighted by Gasteiger charge is 2.18. The molecule has 0 atom stereocenters. The Morgan fingerprint density at radius 1 is 1.35 bits per heavy atom. The Labute approximate surface area is 117 Å². The molecule has 0 bridgehead atoms. The van der Waals surface area contributed by atoms with E-state index in [2.05, 4.69) is 15.3 Å². The number of hydrogen-bond donors (Lipinski definition) is 2. The van der Waals surface area contributed by atoms with E-state index in [1.165, 1.54) is 0 Å². The molecule has 0 aliphatic carbocycles. The van der Waals surface area contributed by atoms with E-state index < -0.39 is 0 Å². The van der Waals surface area contributed by atoms with E-state index in [1.54, 1.807) is 18.2 Å². The third-order valence-electron chi connectivity index (χ3n) is 3.27. The van der Waals surface area contributed by atoms with Gasteiger partial charge in [0.15, 0.2) is 5.82 Å². The van der Waals surface area contributed by atoms with E-state index >= 15 is 0 Å². The van der Waals surface area contributed by atoms with E-state index in [1.807, 2.05) is 13.0 Å². The Morgan fingerprint density at radius 2 is 2.25 bits per heavy atom. The van der Waals surface area contributed by atoms with Crippen molar-refractivity contribution in [2.24, 2.45) is 0 Å². The fourth-order valence-corrected chi connectivity index (χ4v) is 2.32. The number of hydrogen-bond acceptors (Lipinski definition) is 5. The summed E-state index contributed by atoms with van der Waals surface area (Å²) in [5.74, 6) is 1.69. The molecule has 0 radical (unpaired) electrons. The number of phenolic OH excluding ortho intramolecular Hbond substituents is 1. The van der Waals surface area contributed by atoms with Gasteiger partial charge in [-0.25, -0.2) is 9.97 Å². The Balaban J connectivity index is 2.10. The van der Waals surface area contributed by atoms with E-state index in [0.29, 0.717) is 19.0 Å². The summed E-state index contributed by atoms with van der Waals surface area (Å²) in [5.41, 5.74) is 2.89. The molecule has 5 nitrogen and oxygen atoms in total. The van der Waals surface area contributed by atoms with Gasteiger partial charge in [0.2, 0.25) is 0 Å². The largest absolute Gasteiger partial charge is 0.508 e. The third-order valence-corrected chi connectivity index (χ3v) is 3.27. The number of nitrogens with one attached hydrogen (secondary N) is 1. The van der Waals surface area contributed by atoms with Gasteiger partial charge in [-0.1, -0.05) is 12.1 Å². The molecular formula is C15H17N3O2. The number of aromatic hydroxyl groups is 1. The third kappa shape index (κ3) is 2.44. The highest BCUT2D eigenvalue weighted by atomic mass is 16.5. The second-order valence-corrected chi connectivity index (χ2v) is 4.70. The Bertz CT molecular complexity index is 629. The molecule has 2 heterocycles. The topological polar surface area (TPSA) is 67.3 Å². The van der Waals surface area contributed by atoms with E-state index in [9.17, 15) is 5.11 Å². The van der Waals surface area contributed by atoms with Crippen LogP contribution in [0.25, 0.3) is 11.4 Å². The summed E-state index contributed by atoms with van der Waals surface area (Å²) in [6, 6.07) is 7.01. The van der Waals surface area contributed by atoms with Gasteiger partial charge >= 0.3 is 0 Å². The standard InChI is InChI=1S/C15H17N3O2/c1-2-16-15-12-9-20-7-6-13(12)17-14(18-15)10-4-3-5-11(19)8-10/h3-5,8,19H,2,6-7,9H2,1H3,(H,16,17,18). The Morgan fingerprint density at radius 3 is 3.05 bits per heavy atom. The zero-order valence-electron chi connectivity index (χ0n) is 11.4. The van der Waals surface area contributed by atoms with E-state index in [4.69, 9.17) is 4.74 Å². The first kappa shape index (κ1) is 12.9. The van der Waals surface area contributed by atoms with Crippen molar-refractivity contribution in [3.8, 4) is 17.1 Å². The quantitative estimate of drug-likeness (QED) is 0.897. The highest BCUT2D eigenvalue weighted by molar-refractivity contribution is 5.61. The van der Waals surface area contributed by atoms with Crippen LogP contribution in [0.3, 0.4) is 0 Å². The maximum Gasteiger partial charge on any atom is 0.161 e. The average molecular weight is 271 g/mol. The van der Waals surface area contributed by atoms with Crippen LogP contribution in [0.15, 0.2) is 24.3 Å². The summed E-state index contributed by atoms with van der Waals surface area (Å²) in [6.07, 6.45) is 0.794. The van der Waals surface area contributed by atoms with Crippen molar-refractivity contribution in [1.29, 1.82) is 0 Å². The van der Waals surface area contributed by atoms with Gasteiger partial charge in [-0.3, -0.25) is 0 Å². The van der Waals surface area contributed by atoms with Gasteiger partial charge in [-0.2, -0.15) is 0 Å². The molecule has 2 aromatic rings. The number of phenols is 1. The number of fused-ring (bicyclic) bond motifs is 1. The maximum absolute atomic E-state index is 9.59. The molecule has 0 fully saturated rings. The van der Waals surface area contributed by atoms with Gasteiger partial charge in [0.1, 0.15) is 11.6 Å². The lowest BCUT2D eigenvalue weighted by Crippen LogP contribution is -2.17. The van der Waals surface area contributed by atoms with Crippen LogP contribution in [0.5, 0.6) is 5.75 Å². The molecular weight excluding hydrogens is 254 g/mol. The fraction of sp³-hybridized carbons (Fsp3) is 0.333. The van der Waals surface area contributed by atoms with Crippen LogP contribution in [0.4, 0.5) is 5.82 Å². The number of aromatic nitrogens is 2. The predicted octanol–water partition coefficient (Wildman–Crippen LogP) is 2.35. The predicted molar refractivity (Wildman–Crippen MR) is 76.7 cm³/mol. The lowest BCUT2D eigenvalue weighted by atomic mass is 10.1. The second kappa shape index (κ2) is 5.46. The van der Waals surface area contributed by atoms with Gasteiger partial charge in [0.25, 0.3) is 0 Å². The fourth-order valence-electron chi connectivity index (χ4n) is 2.32. The first-order valence-corrected chi connectivity index (χ1v) is 6.78. The van der Waals surface area contributed by atoms with Crippen molar-refractivity contribution in [3.05, 3.63) is 35.5 Å². The van der Waals surface area contributed by atoms with Crippen LogP contribution < -0.4 is 5.32 Å². The Kier molecular flexibility index (Phi) is 3.52. The summed E-state index contributed by atoms with van der Waals surface area (Å²) in [6.45, 7) is 4.07. The number of benzene rings is 1. The van der Waals surface area contributed by atoms with Crippen molar-refractivity contribution >= 4 is 5.82 Å². The van der Waals surface area contributed by atoms with E-state index in [0.717, 1.165) is 35.6 Å². The molecule has 104 valence electrons. The van der Waals surface area contributed by atoms with E-state index in [-0.39, 0.29) is 5.75 Å². The van der Waals surface area contributed by atoms with Gasteiger partial charge in [0, 0.05) is 24.1 Å². The van der Waals surface area contributed by atoms with Crippen LogP contribution in [-0.2, 0) is 17.8 Å². The van der Waals surface area contributed by atoms with Crippen LogP contribution in [0, 0.1) is 0 Å². The smallest absolute Gasteiger partial charge is 0.161 e. The SMILES string of the molecule is CCNc1nc(-c2cccc(O)c2)nc2c1COCC2. The molecule has 20 heavy (non-hydrogen) atoms. The minimum absolute atomic E-state index is 0.220. The molecule has 0 saturated heterocycles. The molecule has 2 N–H and O–H groups in total. The number of rotatable bonds is 3. The molecule has 1 aliphatic rings. The van der Waals surface area contributed by atoms with Crippen molar-refractivity contribution in [2.75, 3.05) is 18.5 Å². The van der Waals surface area contributed by atoms with Crippen molar-refractivity contribution < 1.29 is 9.84 Å². The summed E-state index contributed by atoms with van der Waals surface area (Å²) in [7, 11) is 0. The Hall–Kier alpha value is -2.14. The molecule has 0 amide bonds. The monoisotopic (exact) mass is 271 g/mol. The molecule has 1 aromatic heterocycles. The number of ether oxygens (including phenoxy) is 1. The van der Waals surface area contributed by atoms with Crippen molar-refractivity contribution in [3.63, 3.8) is 0 Å². The highest BCUT2D eigenvalue weighted by Crippen LogP contribution is 2.27. The molecule has 3 rings (SSSR count). The summed E-state index contributed by atoms with van der Waals surface area (Å²) < 4.78 is 5.49. The summed E-state index contributed by atoms with van der Waals surface area (Å²) in [4.78, 5) is 9.20.